The summed E-state index contributed by atoms with van der Waals surface area (Å²) in [7, 11) is 0. The Hall–Kier alpha value is -0.940. The van der Waals surface area contributed by atoms with Gasteiger partial charge in [0.1, 0.15) is 5.82 Å². The van der Waals surface area contributed by atoms with Crippen LogP contribution in [0.3, 0.4) is 0 Å². The number of hydrogen-bond donors (Lipinski definition) is 2. The molecular formula is C10H13BrFNO2. The second kappa shape index (κ2) is 6.53. The molecule has 1 aromatic carbocycles. The second-order valence-electron chi connectivity index (χ2n) is 3.18. The molecule has 3 nitrogen and oxygen atoms in total. The van der Waals surface area contributed by atoms with E-state index in [1.165, 1.54) is 12.1 Å². The highest BCUT2D eigenvalue weighted by Gasteiger charge is 2.05. The molecule has 0 saturated carbocycles. The fourth-order valence-corrected chi connectivity index (χ4v) is 0.876. The molecule has 15 heavy (non-hydrogen) atoms. The minimum absolute atomic E-state index is 0.0503. The van der Waals surface area contributed by atoms with Crippen LogP contribution in [0.5, 0.6) is 0 Å². The highest BCUT2D eigenvalue weighted by atomic mass is 79.9. The van der Waals surface area contributed by atoms with Crippen LogP contribution in [0.4, 0.5) is 4.39 Å². The Kier molecular flexibility index (Phi) is 6.12. The molecule has 0 unspecified atom stereocenters. The molecule has 0 aliphatic carbocycles. The van der Waals surface area contributed by atoms with Crippen LogP contribution in [0, 0.1) is 5.82 Å². The topological polar surface area (TPSA) is 63.3 Å². The van der Waals surface area contributed by atoms with E-state index in [2.05, 4.69) is 15.9 Å². The summed E-state index contributed by atoms with van der Waals surface area (Å²) in [5, 5.41) is 8.42. The van der Waals surface area contributed by atoms with Gasteiger partial charge in [0, 0.05) is 0 Å². The highest BCUT2D eigenvalue weighted by Crippen LogP contribution is 2.15. The van der Waals surface area contributed by atoms with Crippen LogP contribution in [0.15, 0.2) is 22.7 Å². The molecule has 0 aliphatic heterocycles. The number of carbonyl (C=O) groups is 1. The van der Waals surface area contributed by atoms with E-state index in [4.69, 9.17) is 10.8 Å². The van der Waals surface area contributed by atoms with Crippen LogP contribution in [-0.4, -0.2) is 17.1 Å². The molecule has 5 heteroatoms. The van der Waals surface area contributed by atoms with Gasteiger partial charge in [-0.05, 0) is 40.2 Å². The van der Waals surface area contributed by atoms with Gasteiger partial charge >= 0.3 is 5.97 Å². The van der Waals surface area contributed by atoms with Crippen molar-refractivity contribution >= 4 is 21.9 Å². The predicted molar refractivity (Wildman–Crippen MR) is 60.4 cm³/mol. The number of hydrogen-bond acceptors (Lipinski definition) is 2. The summed E-state index contributed by atoms with van der Waals surface area (Å²) in [6.45, 7) is 3.89. The van der Waals surface area contributed by atoms with Crippen molar-refractivity contribution in [1.82, 2.24) is 0 Å². The Morgan fingerprint density at radius 2 is 2.00 bits per heavy atom. The van der Waals surface area contributed by atoms with Gasteiger partial charge in [0.15, 0.2) is 0 Å². The summed E-state index contributed by atoms with van der Waals surface area (Å²) in [6.07, 6.45) is 0. The van der Waals surface area contributed by atoms with Crippen molar-refractivity contribution in [3.63, 3.8) is 0 Å². The summed E-state index contributed by atoms with van der Waals surface area (Å²) in [5.41, 5.74) is 5.06. The Labute approximate surface area is 96.2 Å². The summed E-state index contributed by atoms with van der Waals surface area (Å²) >= 11 is 2.91. The fraction of sp³-hybridized carbons (Fsp3) is 0.300. The van der Waals surface area contributed by atoms with Gasteiger partial charge in [-0.1, -0.05) is 13.8 Å². The third-order valence-electron chi connectivity index (χ3n) is 1.17. The first kappa shape index (κ1) is 14.1. The maximum Gasteiger partial charge on any atom is 0.335 e. The Morgan fingerprint density at radius 1 is 1.53 bits per heavy atom. The molecule has 0 saturated heterocycles. The summed E-state index contributed by atoms with van der Waals surface area (Å²) in [6, 6.07) is 3.99. The first-order valence-electron chi connectivity index (χ1n) is 4.28. The normalized spacial score (nSPS) is 9.47. The van der Waals surface area contributed by atoms with Gasteiger partial charge in [0.2, 0.25) is 0 Å². The van der Waals surface area contributed by atoms with Crippen LogP contribution in [-0.2, 0) is 0 Å². The van der Waals surface area contributed by atoms with Gasteiger partial charge in [-0.2, -0.15) is 0 Å². The largest absolute Gasteiger partial charge is 0.478 e. The highest BCUT2D eigenvalue weighted by molar-refractivity contribution is 9.10. The number of carboxylic acid groups (broad SMARTS) is 1. The number of carboxylic acids is 1. The minimum atomic E-state index is -1.13. The van der Waals surface area contributed by atoms with Crippen LogP contribution in [0.1, 0.15) is 24.2 Å². The summed E-state index contributed by atoms with van der Waals surface area (Å²) < 4.78 is 12.9. The molecule has 0 atom stereocenters. The first-order chi connectivity index (χ1) is 6.84. The van der Waals surface area contributed by atoms with Gasteiger partial charge in [-0.15, -0.1) is 0 Å². The summed E-state index contributed by atoms with van der Waals surface area (Å²) in [5.74, 6) is -1.69. The smallest absolute Gasteiger partial charge is 0.335 e. The van der Waals surface area contributed by atoms with E-state index < -0.39 is 11.8 Å². The van der Waals surface area contributed by atoms with Crippen molar-refractivity contribution in [2.45, 2.75) is 19.9 Å². The number of aromatic carboxylic acids is 1. The molecule has 84 valence electrons. The predicted octanol–water partition coefficient (Wildman–Crippen LogP) is 2.64. The van der Waals surface area contributed by atoms with Crippen molar-refractivity contribution in [2.75, 3.05) is 0 Å². The van der Waals surface area contributed by atoms with Gasteiger partial charge in [-0.25, -0.2) is 9.18 Å². The lowest BCUT2D eigenvalue weighted by atomic mass is 10.2. The van der Waals surface area contributed by atoms with Crippen molar-refractivity contribution in [3.8, 4) is 0 Å². The number of nitrogens with two attached hydrogens (primary N) is 1. The quantitative estimate of drug-likeness (QED) is 0.830. The van der Waals surface area contributed by atoms with Crippen molar-refractivity contribution in [3.05, 3.63) is 34.1 Å². The lowest BCUT2D eigenvalue weighted by molar-refractivity contribution is 0.0696. The molecule has 0 radical (unpaired) electrons. The van der Waals surface area contributed by atoms with Gasteiger partial charge in [0.25, 0.3) is 0 Å². The lowest BCUT2D eigenvalue weighted by Gasteiger charge is -1.95. The zero-order valence-corrected chi connectivity index (χ0v) is 10.1. The number of benzene rings is 1. The van der Waals surface area contributed by atoms with Crippen molar-refractivity contribution < 1.29 is 14.3 Å². The first-order valence-corrected chi connectivity index (χ1v) is 5.07. The molecule has 0 fully saturated rings. The second-order valence-corrected chi connectivity index (χ2v) is 4.03. The van der Waals surface area contributed by atoms with E-state index >= 15 is 0 Å². The zero-order chi connectivity index (χ0) is 12.0. The lowest BCUT2D eigenvalue weighted by Crippen LogP contribution is -2.06. The molecular weight excluding hydrogens is 265 g/mol. The van der Waals surface area contributed by atoms with Crippen LogP contribution >= 0.6 is 15.9 Å². The SMILES string of the molecule is CC(C)N.O=C(O)c1ccc(Br)c(F)c1. The molecule has 1 rings (SSSR count). The minimum Gasteiger partial charge on any atom is -0.478 e. The van der Waals surface area contributed by atoms with Gasteiger partial charge in [0.05, 0.1) is 10.0 Å². The van der Waals surface area contributed by atoms with Crippen molar-refractivity contribution in [1.29, 1.82) is 0 Å². The van der Waals surface area contributed by atoms with E-state index in [9.17, 15) is 9.18 Å². The molecule has 3 N–H and O–H groups in total. The van der Waals surface area contributed by atoms with Crippen molar-refractivity contribution in [2.24, 2.45) is 5.73 Å². The third-order valence-corrected chi connectivity index (χ3v) is 1.81. The summed E-state index contributed by atoms with van der Waals surface area (Å²) in [4.78, 5) is 10.3. The molecule has 1 aromatic rings. The van der Waals surface area contributed by atoms with Gasteiger partial charge < -0.3 is 10.8 Å². The van der Waals surface area contributed by atoms with Gasteiger partial charge in [-0.3, -0.25) is 0 Å². The number of halogens is 2. The zero-order valence-electron chi connectivity index (χ0n) is 8.50. The average Bonchev–Trinajstić information content (AvgIpc) is 2.08. The molecule has 0 aliphatic rings. The molecule has 0 bridgehead atoms. The average molecular weight is 278 g/mol. The third kappa shape index (κ3) is 6.19. The van der Waals surface area contributed by atoms with E-state index in [0.29, 0.717) is 6.04 Å². The van der Waals surface area contributed by atoms with E-state index in [1.807, 2.05) is 13.8 Å². The molecule has 0 spiro atoms. The number of rotatable bonds is 1. The molecule has 0 amide bonds. The molecule has 0 aromatic heterocycles. The standard InChI is InChI=1S/C7H4BrFO2.C3H9N/c8-5-2-1-4(7(10)11)3-6(5)9;1-3(2)4/h1-3H,(H,10,11);3H,4H2,1-2H3. The Balaban J connectivity index is 0.000000423. The molecule has 0 heterocycles. The van der Waals surface area contributed by atoms with Crippen LogP contribution in [0.2, 0.25) is 0 Å². The van der Waals surface area contributed by atoms with E-state index in [0.717, 1.165) is 6.07 Å². The maximum absolute atomic E-state index is 12.6. The van der Waals surface area contributed by atoms with E-state index in [1.54, 1.807) is 0 Å². The van der Waals surface area contributed by atoms with Crippen LogP contribution < -0.4 is 5.73 Å². The van der Waals surface area contributed by atoms with E-state index in [-0.39, 0.29) is 10.0 Å². The van der Waals surface area contributed by atoms with Crippen LogP contribution in [0.25, 0.3) is 0 Å². The fourth-order valence-electron chi connectivity index (χ4n) is 0.629. The monoisotopic (exact) mass is 277 g/mol. The Bertz CT molecular complexity index is 339. The maximum atomic E-state index is 12.6. The Morgan fingerprint density at radius 3 is 2.33 bits per heavy atom.